The van der Waals surface area contributed by atoms with Crippen LogP contribution in [0.2, 0.25) is 0 Å². The van der Waals surface area contributed by atoms with Crippen LogP contribution in [0.3, 0.4) is 0 Å². The Bertz CT molecular complexity index is 826. The van der Waals surface area contributed by atoms with Crippen LogP contribution in [0, 0.1) is 51.8 Å². The predicted molar refractivity (Wildman–Crippen MR) is 127 cm³/mol. The van der Waals surface area contributed by atoms with Crippen molar-refractivity contribution in [3.63, 3.8) is 0 Å². The minimum Gasteiger partial charge on any atom is -0.389 e. The van der Waals surface area contributed by atoms with Gasteiger partial charge in [0.2, 0.25) is 0 Å². The molecule has 0 aromatic rings. The maximum atomic E-state index is 11.0. The Kier molecular flexibility index (Phi) is 4.75. The monoisotopic (exact) mass is 440 g/mol. The molecule has 5 aliphatic carbocycles. The van der Waals surface area contributed by atoms with Crippen molar-refractivity contribution in [3.05, 3.63) is 24.3 Å². The van der Waals surface area contributed by atoms with Crippen molar-refractivity contribution in [1.29, 1.82) is 0 Å². The molecule has 6 fully saturated rings. The third-order valence-corrected chi connectivity index (χ3v) is 12.2. The number of rotatable bonds is 4. The summed E-state index contributed by atoms with van der Waals surface area (Å²) in [6.07, 6.45) is 14.1. The number of hydrogen-bond donors (Lipinski definition) is 1. The SMILES string of the molecule is C=C(C)/C=C/[C@H](O)[C@@H](C)[C@H]1CC[C@H]2[C@@H]3CC4(OCCO4)[C@]45C[C@H]4CC[C@]5(C)[C@H]3CC[C@]12C. The smallest absolute Gasteiger partial charge is 0.175 e. The van der Waals surface area contributed by atoms with Gasteiger partial charge in [0.15, 0.2) is 5.79 Å². The molecule has 3 heteroatoms. The zero-order valence-electron chi connectivity index (χ0n) is 20.7. The van der Waals surface area contributed by atoms with Gasteiger partial charge in [0.05, 0.1) is 19.3 Å². The summed E-state index contributed by atoms with van der Waals surface area (Å²) in [7, 11) is 0. The van der Waals surface area contributed by atoms with Crippen molar-refractivity contribution in [2.75, 3.05) is 13.2 Å². The average molecular weight is 441 g/mol. The second-order valence-electron chi connectivity index (χ2n) is 13.1. The fourth-order valence-corrected chi connectivity index (χ4v) is 10.8. The highest BCUT2D eigenvalue weighted by atomic mass is 16.7. The van der Waals surface area contributed by atoms with E-state index in [1.54, 1.807) is 0 Å². The lowest BCUT2D eigenvalue weighted by Gasteiger charge is -2.63. The summed E-state index contributed by atoms with van der Waals surface area (Å²) in [4.78, 5) is 0. The molecule has 1 heterocycles. The Morgan fingerprint density at radius 2 is 1.78 bits per heavy atom. The Hall–Kier alpha value is -0.640. The van der Waals surface area contributed by atoms with Gasteiger partial charge in [-0.3, -0.25) is 0 Å². The van der Waals surface area contributed by atoms with E-state index in [9.17, 15) is 5.11 Å². The van der Waals surface area contributed by atoms with Crippen LogP contribution in [0.1, 0.15) is 79.1 Å². The van der Waals surface area contributed by atoms with E-state index in [1.165, 1.54) is 44.9 Å². The first kappa shape index (κ1) is 21.9. The van der Waals surface area contributed by atoms with Gasteiger partial charge < -0.3 is 14.6 Å². The normalized spacial score (nSPS) is 52.3. The van der Waals surface area contributed by atoms with Crippen molar-refractivity contribution < 1.29 is 14.6 Å². The van der Waals surface area contributed by atoms with Crippen LogP contribution in [-0.4, -0.2) is 30.2 Å². The lowest BCUT2D eigenvalue weighted by molar-refractivity contribution is -0.294. The summed E-state index contributed by atoms with van der Waals surface area (Å²) in [6.45, 7) is 15.0. The van der Waals surface area contributed by atoms with Crippen molar-refractivity contribution in [1.82, 2.24) is 0 Å². The maximum Gasteiger partial charge on any atom is 0.175 e. The van der Waals surface area contributed by atoms with Crippen LogP contribution in [0.25, 0.3) is 0 Å². The molecule has 10 atom stereocenters. The fourth-order valence-electron chi connectivity index (χ4n) is 10.8. The quantitative estimate of drug-likeness (QED) is 0.535. The topological polar surface area (TPSA) is 38.7 Å². The van der Waals surface area contributed by atoms with Gasteiger partial charge >= 0.3 is 0 Å². The molecule has 1 saturated heterocycles. The highest BCUT2D eigenvalue weighted by Crippen LogP contribution is 2.85. The van der Waals surface area contributed by atoms with Crippen LogP contribution in [0.5, 0.6) is 0 Å². The van der Waals surface area contributed by atoms with Crippen LogP contribution in [0.15, 0.2) is 24.3 Å². The van der Waals surface area contributed by atoms with Gasteiger partial charge in [-0.1, -0.05) is 45.1 Å². The van der Waals surface area contributed by atoms with Gasteiger partial charge in [0.1, 0.15) is 0 Å². The first-order chi connectivity index (χ1) is 15.2. The molecule has 178 valence electrons. The van der Waals surface area contributed by atoms with E-state index in [4.69, 9.17) is 9.47 Å². The van der Waals surface area contributed by atoms with Crippen LogP contribution in [-0.2, 0) is 9.47 Å². The lowest BCUT2D eigenvalue weighted by Crippen LogP contribution is -2.62. The molecule has 0 unspecified atom stereocenters. The number of fused-ring (bicyclic) bond motifs is 4. The summed E-state index contributed by atoms with van der Waals surface area (Å²) in [5.41, 5.74) is 2.02. The number of allylic oxidation sites excluding steroid dienone is 2. The third kappa shape index (κ3) is 2.54. The van der Waals surface area contributed by atoms with Gasteiger partial charge in [0.25, 0.3) is 0 Å². The van der Waals surface area contributed by atoms with E-state index in [0.717, 1.165) is 43.0 Å². The van der Waals surface area contributed by atoms with E-state index in [0.29, 0.717) is 28.1 Å². The molecule has 0 radical (unpaired) electrons. The summed E-state index contributed by atoms with van der Waals surface area (Å²) in [6, 6.07) is 0. The fraction of sp³-hybridized carbons (Fsp3) is 0.862. The van der Waals surface area contributed by atoms with Crippen molar-refractivity contribution in [2.24, 2.45) is 51.8 Å². The van der Waals surface area contributed by atoms with E-state index >= 15 is 0 Å². The maximum absolute atomic E-state index is 11.0. The van der Waals surface area contributed by atoms with Crippen molar-refractivity contribution in [2.45, 2.75) is 91.0 Å². The second kappa shape index (κ2) is 6.95. The van der Waals surface area contributed by atoms with Gasteiger partial charge in [-0.25, -0.2) is 0 Å². The highest BCUT2D eigenvalue weighted by Gasteiger charge is 2.83. The van der Waals surface area contributed by atoms with E-state index in [2.05, 4.69) is 27.4 Å². The highest BCUT2D eigenvalue weighted by molar-refractivity contribution is 5.29. The Morgan fingerprint density at radius 1 is 1.03 bits per heavy atom. The van der Waals surface area contributed by atoms with Gasteiger partial charge in [0, 0.05) is 11.8 Å². The standard InChI is InChI=1S/C29H44O3/c1-18(2)6-9-25(30)19(3)22-7-8-23-21-17-29(31-14-15-32-29)28-16-20(28)10-13-27(28,5)24(21)11-12-26(22,23)4/h6,9,19-25,30H,1,7-8,10-17H2,2-5H3/b9-6+/t19-,20+,21-,22+,23-,24-,25-,26+,27+,28+/m0/s1. The molecule has 0 aromatic heterocycles. The Balaban J connectivity index is 1.31. The number of ether oxygens (including phenoxy) is 2. The van der Waals surface area contributed by atoms with E-state index in [1.807, 2.05) is 19.1 Å². The van der Waals surface area contributed by atoms with Crippen LogP contribution >= 0.6 is 0 Å². The van der Waals surface area contributed by atoms with E-state index in [-0.39, 0.29) is 17.8 Å². The molecule has 3 nitrogen and oxygen atoms in total. The Labute approximate surface area is 195 Å². The zero-order valence-corrected chi connectivity index (χ0v) is 20.7. The van der Waals surface area contributed by atoms with Gasteiger partial charge in [-0.05, 0) is 98.2 Å². The molecular formula is C29H44O3. The van der Waals surface area contributed by atoms with E-state index < -0.39 is 0 Å². The summed E-state index contributed by atoms with van der Waals surface area (Å²) in [5, 5.41) is 11.0. The molecule has 1 aliphatic heterocycles. The van der Waals surface area contributed by atoms with Gasteiger partial charge in [-0.15, -0.1) is 0 Å². The molecular weight excluding hydrogens is 396 g/mol. The van der Waals surface area contributed by atoms with Crippen molar-refractivity contribution >= 4 is 0 Å². The van der Waals surface area contributed by atoms with Gasteiger partial charge in [-0.2, -0.15) is 0 Å². The molecule has 32 heavy (non-hydrogen) atoms. The summed E-state index contributed by atoms with van der Waals surface area (Å²) >= 11 is 0. The van der Waals surface area contributed by atoms with Crippen molar-refractivity contribution in [3.8, 4) is 0 Å². The minimum atomic E-state index is -0.382. The summed E-state index contributed by atoms with van der Waals surface area (Å²) in [5.74, 6) is 3.69. The summed E-state index contributed by atoms with van der Waals surface area (Å²) < 4.78 is 13.2. The first-order valence-electron chi connectivity index (χ1n) is 13.5. The first-order valence-corrected chi connectivity index (χ1v) is 13.5. The molecule has 0 bridgehead atoms. The second-order valence-corrected chi connectivity index (χ2v) is 13.1. The minimum absolute atomic E-state index is 0.287. The molecule has 1 N–H and O–H groups in total. The zero-order chi connectivity index (χ0) is 22.5. The Morgan fingerprint density at radius 3 is 2.47 bits per heavy atom. The molecule has 6 rings (SSSR count). The van der Waals surface area contributed by atoms with Crippen LogP contribution < -0.4 is 0 Å². The number of aliphatic hydroxyl groups is 1. The molecule has 6 aliphatic rings. The third-order valence-electron chi connectivity index (χ3n) is 12.2. The molecule has 0 amide bonds. The predicted octanol–water partition coefficient (Wildman–Crippen LogP) is 6.13. The average Bonchev–Trinajstić information content (AvgIpc) is 3.02. The molecule has 5 saturated carbocycles. The lowest BCUT2D eigenvalue weighted by atomic mass is 9.44. The molecule has 2 spiro atoms. The molecule has 0 aromatic carbocycles. The number of hydrogen-bond acceptors (Lipinski definition) is 3. The van der Waals surface area contributed by atoms with Crippen LogP contribution in [0.4, 0.5) is 0 Å². The number of aliphatic hydroxyl groups excluding tert-OH is 1. The largest absolute Gasteiger partial charge is 0.389 e.